The summed E-state index contributed by atoms with van der Waals surface area (Å²) in [4.78, 5) is 27.7. The third kappa shape index (κ3) is 5.74. The van der Waals surface area contributed by atoms with E-state index in [9.17, 15) is 9.59 Å². The minimum Gasteiger partial charge on any atom is -0.486 e. The van der Waals surface area contributed by atoms with Crippen LogP contribution in [-0.2, 0) is 23.3 Å². The first-order valence-corrected chi connectivity index (χ1v) is 11.8. The molecule has 0 bridgehead atoms. The summed E-state index contributed by atoms with van der Waals surface area (Å²) < 4.78 is 18.4. The predicted molar refractivity (Wildman–Crippen MR) is 131 cm³/mol. The van der Waals surface area contributed by atoms with Crippen molar-refractivity contribution in [1.82, 2.24) is 14.7 Å². The second-order valence-electron chi connectivity index (χ2n) is 9.41. The van der Waals surface area contributed by atoms with Crippen LogP contribution in [0.5, 0.6) is 5.75 Å². The van der Waals surface area contributed by atoms with Crippen molar-refractivity contribution < 1.29 is 23.5 Å². The van der Waals surface area contributed by atoms with E-state index >= 15 is 0 Å². The smallest absolute Gasteiger partial charge is 0.291 e. The Bertz CT molecular complexity index is 1170. The van der Waals surface area contributed by atoms with Crippen LogP contribution in [0.2, 0.25) is 0 Å². The number of carbonyl (C=O) groups is 2. The van der Waals surface area contributed by atoms with E-state index in [1.165, 1.54) is 11.8 Å². The molecule has 3 heterocycles. The number of aromatic nitrogens is 2. The number of nitrogens with zero attached hydrogens (tertiary/aromatic N) is 3. The second-order valence-corrected chi connectivity index (χ2v) is 9.41. The van der Waals surface area contributed by atoms with Gasteiger partial charge in [0.2, 0.25) is 0 Å². The van der Waals surface area contributed by atoms with Gasteiger partial charge in [-0.15, -0.1) is 0 Å². The number of amides is 2. The Kier molecular flexibility index (Phi) is 7.25. The lowest BCUT2D eigenvalue weighted by Gasteiger charge is -2.27. The number of nitrogens with one attached hydrogen (secondary N) is 1. The quantitative estimate of drug-likeness (QED) is 0.547. The molecule has 35 heavy (non-hydrogen) atoms. The monoisotopic (exact) mass is 480 g/mol. The highest BCUT2D eigenvalue weighted by Gasteiger charge is 2.26. The average molecular weight is 481 g/mol. The number of hydrogen-bond acceptors (Lipinski definition) is 6. The zero-order valence-corrected chi connectivity index (χ0v) is 20.7. The van der Waals surface area contributed by atoms with Gasteiger partial charge >= 0.3 is 0 Å². The number of benzene rings is 1. The van der Waals surface area contributed by atoms with E-state index in [1.54, 1.807) is 21.7 Å². The van der Waals surface area contributed by atoms with Crippen molar-refractivity contribution in [2.75, 3.05) is 31.6 Å². The molecule has 0 radical (unpaired) electrons. The third-order valence-corrected chi connectivity index (χ3v) is 5.87. The van der Waals surface area contributed by atoms with Gasteiger partial charge in [-0.3, -0.25) is 14.3 Å². The van der Waals surface area contributed by atoms with Crippen LogP contribution in [0.1, 0.15) is 60.1 Å². The number of rotatable bonds is 7. The number of morpholine rings is 1. The molecule has 1 saturated heterocycles. The Morgan fingerprint density at radius 3 is 2.46 bits per heavy atom. The SMILES string of the molecule is CCn1ncc(NC(=O)c2ccc(COc3ccc(C(C)(C)C)cc3)o2)c1C(=O)N1CCOCC1. The lowest BCUT2D eigenvalue weighted by molar-refractivity contribution is 0.0295. The molecule has 9 heteroatoms. The zero-order valence-electron chi connectivity index (χ0n) is 20.7. The first-order chi connectivity index (χ1) is 16.8. The van der Waals surface area contributed by atoms with Crippen LogP contribution >= 0.6 is 0 Å². The number of ether oxygens (including phenoxy) is 2. The van der Waals surface area contributed by atoms with E-state index in [0.29, 0.717) is 50.0 Å². The van der Waals surface area contributed by atoms with Crippen LogP contribution in [-0.4, -0.2) is 52.8 Å². The fourth-order valence-electron chi connectivity index (χ4n) is 3.83. The summed E-state index contributed by atoms with van der Waals surface area (Å²) in [5.41, 5.74) is 1.99. The molecule has 0 aliphatic carbocycles. The van der Waals surface area contributed by atoms with E-state index < -0.39 is 5.91 Å². The summed E-state index contributed by atoms with van der Waals surface area (Å²) in [5.74, 6) is 0.717. The summed E-state index contributed by atoms with van der Waals surface area (Å²) in [5, 5.41) is 7.03. The number of carbonyl (C=O) groups excluding carboxylic acids is 2. The van der Waals surface area contributed by atoms with Crippen LogP contribution in [0.25, 0.3) is 0 Å². The second kappa shape index (κ2) is 10.4. The maximum atomic E-state index is 13.1. The molecule has 0 saturated carbocycles. The standard InChI is InChI=1S/C26H32N4O5/c1-5-30-23(25(32)29-12-14-33-15-13-29)21(16-27-30)28-24(31)22-11-10-20(35-22)17-34-19-8-6-18(7-9-19)26(2,3)4/h6-11,16H,5,12-15,17H2,1-4H3,(H,28,31). The molecule has 2 amide bonds. The molecule has 0 unspecified atom stereocenters. The molecule has 1 N–H and O–H groups in total. The van der Waals surface area contributed by atoms with E-state index in [2.05, 4.69) is 31.2 Å². The Hall–Kier alpha value is -3.59. The minimum atomic E-state index is -0.461. The molecule has 1 aliphatic heterocycles. The van der Waals surface area contributed by atoms with Gasteiger partial charge in [0.15, 0.2) is 5.76 Å². The van der Waals surface area contributed by atoms with E-state index in [-0.39, 0.29) is 23.7 Å². The Morgan fingerprint density at radius 1 is 1.09 bits per heavy atom. The molecule has 0 spiro atoms. The van der Waals surface area contributed by atoms with Crippen molar-refractivity contribution in [3.63, 3.8) is 0 Å². The van der Waals surface area contributed by atoms with Crippen LogP contribution in [0, 0.1) is 0 Å². The molecular weight excluding hydrogens is 448 g/mol. The van der Waals surface area contributed by atoms with Crippen molar-refractivity contribution in [2.24, 2.45) is 0 Å². The lowest BCUT2D eigenvalue weighted by Crippen LogP contribution is -2.41. The number of aryl methyl sites for hydroxylation is 1. The molecule has 3 aromatic rings. The van der Waals surface area contributed by atoms with E-state index in [4.69, 9.17) is 13.9 Å². The molecule has 186 valence electrons. The van der Waals surface area contributed by atoms with Gasteiger partial charge in [-0.05, 0) is 42.2 Å². The van der Waals surface area contributed by atoms with Gasteiger partial charge in [0.1, 0.15) is 23.8 Å². The Morgan fingerprint density at radius 2 is 1.80 bits per heavy atom. The summed E-state index contributed by atoms with van der Waals surface area (Å²) in [6, 6.07) is 11.2. The maximum Gasteiger partial charge on any atom is 0.291 e. The lowest BCUT2D eigenvalue weighted by atomic mass is 9.87. The van der Waals surface area contributed by atoms with E-state index in [1.807, 2.05) is 31.2 Å². The van der Waals surface area contributed by atoms with Crippen molar-refractivity contribution >= 4 is 17.5 Å². The highest BCUT2D eigenvalue weighted by molar-refractivity contribution is 6.07. The first-order valence-electron chi connectivity index (χ1n) is 11.8. The third-order valence-electron chi connectivity index (χ3n) is 5.87. The van der Waals surface area contributed by atoms with Gasteiger partial charge < -0.3 is 24.1 Å². The highest BCUT2D eigenvalue weighted by Crippen LogP contribution is 2.25. The Labute approximate surface area is 205 Å². The van der Waals surface area contributed by atoms with E-state index in [0.717, 1.165) is 5.75 Å². The largest absolute Gasteiger partial charge is 0.486 e. The summed E-state index contributed by atoms with van der Waals surface area (Å²) >= 11 is 0. The molecule has 1 fully saturated rings. The normalized spacial score (nSPS) is 14.1. The molecule has 1 aliphatic rings. The van der Waals surface area contributed by atoms with Gasteiger partial charge in [-0.25, -0.2) is 0 Å². The van der Waals surface area contributed by atoms with Gasteiger partial charge in [0, 0.05) is 19.6 Å². The fraction of sp³-hybridized carbons (Fsp3) is 0.423. The van der Waals surface area contributed by atoms with Crippen LogP contribution < -0.4 is 10.1 Å². The van der Waals surface area contributed by atoms with Crippen molar-refractivity contribution in [3.05, 3.63) is 65.4 Å². The van der Waals surface area contributed by atoms with Crippen LogP contribution in [0.4, 0.5) is 5.69 Å². The fourth-order valence-corrected chi connectivity index (χ4v) is 3.83. The van der Waals surface area contributed by atoms with Gasteiger partial charge in [-0.1, -0.05) is 32.9 Å². The number of anilines is 1. The molecule has 4 rings (SSSR count). The molecule has 0 atom stereocenters. The van der Waals surface area contributed by atoms with Crippen LogP contribution in [0.3, 0.4) is 0 Å². The van der Waals surface area contributed by atoms with Crippen molar-refractivity contribution in [3.8, 4) is 5.75 Å². The molecular formula is C26H32N4O5. The summed E-state index contributed by atoms with van der Waals surface area (Å²) in [6.07, 6.45) is 1.49. The van der Waals surface area contributed by atoms with Crippen LogP contribution in [0.15, 0.2) is 47.0 Å². The average Bonchev–Trinajstić information content (AvgIpc) is 3.49. The predicted octanol–water partition coefficient (Wildman–Crippen LogP) is 4.10. The Balaban J connectivity index is 1.40. The topological polar surface area (TPSA) is 98.8 Å². The summed E-state index contributed by atoms with van der Waals surface area (Å²) in [7, 11) is 0. The summed E-state index contributed by atoms with van der Waals surface area (Å²) in [6.45, 7) is 11.1. The van der Waals surface area contributed by atoms with Crippen molar-refractivity contribution in [2.45, 2.75) is 46.3 Å². The minimum absolute atomic E-state index is 0.0715. The first kappa shape index (κ1) is 24.5. The maximum absolute atomic E-state index is 13.1. The van der Waals surface area contributed by atoms with Gasteiger partial charge in [0.05, 0.1) is 25.1 Å². The highest BCUT2D eigenvalue weighted by atomic mass is 16.5. The van der Waals surface area contributed by atoms with Gasteiger partial charge in [0.25, 0.3) is 11.8 Å². The number of furan rings is 1. The molecule has 2 aromatic heterocycles. The zero-order chi connectivity index (χ0) is 25.0. The molecule has 9 nitrogen and oxygen atoms in total. The molecule has 1 aromatic carbocycles. The van der Waals surface area contributed by atoms with Crippen molar-refractivity contribution in [1.29, 1.82) is 0 Å². The van der Waals surface area contributed by atoms with Gasteiger partial charge in [-0.2, -0.15) is 5.10 Å². The number of hydrogen-bond donors (Lipinski definition) is 1.